The van der Waals surface area contributed by atoms with Crippen LogP contribution in [0.15, 0.2) is 71.1 Å². The Morgan fingerprint density at radius 3 is 2.62 bits per heavy atom. The lowest BCUT2D eigenvalue weighted by Crippen LogP contribution is -2.24. The van der Waals surface area contributed by atoms with Crippen LogP contribution in [0.25, 0.3) is 11.1 Å². The van der Waals surface area contributed by atoms with Gasteiger partial charge < -0.3 is 10.6 Å². The molecule has 0 spiro atoms. The predicted molar refractivity (Wildman–Crippen MR) is 135 cm³/mol. The van der Waals surface area contributed by atoms with Gasteiger partial charge in [-0.1, -0.05) is 23.4 Å². The SMILES string of the molecule is Cc1nc(N)nc2c1/C(=N/OCc1ccc(N=O)cc1)CC(c1ccc(F)cc1-c1cccnc1F)C2. The zero-order valence-electron chi connectivity index (χ0n) is 19.9. The van der Waals surface area contributed by atoms with Crippen LogP contribution in [0.3, 0.4) is 0 Å². The van der Waals surface area contributed by atoms with Crippen molar-refractivity contribution in [2.45, 2.75) is 32.3 Å². The summed E-state index contributed by atoms with van der Waals surface area (Å²) in [6.45, 7) is 1.99. The van der Waals surface area contributed by atoms with Crippen molar-refractivity contribution >= 4 is 17.3 Å². The molecule has 0 aliphatic heterocycles. The molecular formula is C27H22F2N6O2. The maximum absolute atomic E-state index is 14.6. The summed E-state index contributed by atoms with van der Waals surface area (Å²) in [6, 6.07) is 14.2. The molecule has 4 aromatic rings. The third kappa shape index (κ3) is 5.04. The number of nitrogen functional groups attached to an aromatic ring is 1. The van der Waals surface area contributed by atoms with Crippen LogP contribution in [0.2, 0.25) is 0 Å². The number of anilines is 1. The second-order valence-corrected chi connectivity index (χ2v) is 8.74. The van der Waals surface area contributed by atoms with E-state index in [9.17, 15) is 13.7 Å². The molecule has 2 aromatic carbocycles. The van der Waals surface area contributed by atoms with E-state index in [0.29, 0.717) is 41.2 Å². The number of nitroso groups, excluding NO2 is 1. The number of aryl methyl sites for hydroxylation is 1. The average molecular weight is 501 g/mol. The minimum Gasteiger partial charge on any atom is -0.391 e. The molecule has 1 aliphatic rings. The first-order chi connectivity index (χ1) is 17.9. The lowest BCUT2D eigenvalue weighted by Gasteiger charge is -2.28. The summed E-state index contributed by atoms with van der Waals surface area (Å²) in [5.41, 5.74) is 11.2. The first-order valence-corrected chi connectivity index (χ1v) is 11.6. The number of pyridine rings is 1. The van der Waals surface area contributed by atoms with Crippen LogP contribution < -0.4 is 5.73 Å². The van der Waals surface area contributed by atoms with Gasteiger partial charge >= 0.3 is 0 Å². The summed E-state index contributed by atoms with van der Waals surface area (Å²) in [5, 5.41) is 7.31. The maximum atomic E-state index is 14.6. The van der Waals surface area contributed by atoms with Gasteiger partial charge in [0, 0.05) is 23.7 Å². The first kappa shape index (κ1) is 24.1. The molecule has 10 heteroatoms. The molecule has 2 N–H and O–H groups in total. The van der Waals surface area contributed by atoms with E-state index in [-0.39, 0.29) is 24.0 Å². The second kappa shape index (κ2) is 10.2. The van der Waals surface area contributed by atoms with Crippen LogP contribution in [-0.2, 0) is 17.9 Å². The van der Waals surface area contributed by atoms with Gasteiger partial charge in [-0.15, -0.1) is 4.91 Å². The summed E-state index contributed by atoms with van der Waals surface area (Å²) in [7, 11) is 0. The monoisotopic (exact) mass is 500 g/mol. The van der Waals surface area contributed by atoms with Crippen molar-refractivity contribution in [1.29, 1.82) is 0 Å². The molecule has 0 bridgehead atoms. The fourth-order valence-corrected chi connectivity index (χ4v) is 4.67. The molecule has 186 valence electrons. The summed E-state index contributed by atoms with van der Waals surface area (Å²) < 4.78 is 28.9. The van der Waals surface area contributed by atoms with Crippen molar-refractivity contribution in [2.24, 2.45) is 10.3 Å². The van der Waals surface area contributed by atoms with Gasteiger partial charge in [-0.3, -0.25) is 0 Å². The van der Waals surface area contributed by atoms with Crippen molar-refractivity contribution in [2.75, 3.05) is 5.73 Å². The van der Waals surface area contributed by atoms with Gasteiger partial charge in [-0.05, 0) is 77.5 Å². The molecule has 0 amide bonds. The number of rotatable bonds is 6. The van der Waals surface area contributed by atoms with E-state index in [1.165, 1.54) is 18.3 Å². The Labute approximate surface area is 211 Å². The first-order valence-electron chi connectivity index (χ1n) is 11.6. The van der Waals surface area contributed by atoms with Gasteiger partial charge in [0.05, 0.1) is 17.1 Å². The largest absolute Gasteiger partial charge is 0.391 e. The van der Waals surface area contributed by atoms with Gasteiger partial charge in [0.2, 0.25) is 11.9 Å². The number of hydrogen-bond acceptors (Lipinski definition) is 8. The molecule has 0 saturated heterocycles. The number of nitrogens with zero attached hydrogens (tertiary/aromatic N) is 5. The third-order valence-corrected chi connectivity index (χ3v) is 6.30. The van der Waals surface area contributed by atoms with Gasteiger partial charge in [-0.25, -0.2) is 19.3 Å². The number of oxime groups is 1. The van der Waals surface area contributed by atoms with E-state index in [0.717, 1.165) is 16.7 Å². The van der Waals surface area contributed by atoms with Gasteiger partial charge in [0.1, 0.15) is 18.1 Å². The standard InChI is InChI=1S/C27H22F2N6O2/c1-15-25-23(33-27(30)32-15)11-17(12-24(25)35-37-14-16-4-7-19(34-36)8-5-16)20-9-6-18(28)13-22(20)21-3-2-10-31-26(21)29/h2-10,13,17H,11-12,14H2,1H3,(H2,30,32,33)/b35-24+. The number of aromatic nitrogens is 3. The molecule has 1 unspecified atom stereocenters. The highest BCUT2D eigenvalue weighted by Gasteiger charge is 2.31. The normalized spacial score (nSPS) is 15.9. The van der Waals surface area contributed by atoms with E-state index < -0.39 is 11.8 Å². The lowest BCUT2D eigenvalue weighted by molar-refractivity contribution is 0.129. The topological polar surface area (TPSA) is 116 Å². The fraction of sp³-hybridized carbons (Fsp3) is 0.185. The minimum absolute atomic E-state index is 0.138. The van der Waals surface area contributed by atoms with Crippen molar-refractivity contribution in [3.8, 4) is 11.1 Å². The highest BCUT2D eigenvalue weighted by atomic mass is 19.1. The molecule has 0 saturated carbocycles. The number of benzene rings is 2. The van der Waals surface area contributed by atoms with Gasteiger partial charge in [-0.2, -0.15) is 4.39 Å². The number of fused-ring (bicyclic) bond motifs is 1. The van der Waals surface area contributed by atoms with Crippen LogP contribution >= 0.6 is 0 Å². The number of hydrogen-bond donors (Lipinski definition) is 1. The summed E-state index contributed by atoms with van der Waals surface area (Å²) >= 11 is 0. The molecule has 37 heavy (non-hydrogen) atoms. The van der Waals surface area contributed by atoms with Crippen molar-refractivity contribution < 1.29 is 13.6 Å². The molecule has 1 aliphatic carbocycles. The predicted octanol–water partition coefficient (Wildman–Crippen LogP) is 5.76. The van der Waals surface area contributed by atoms with Crippen LogP contribution in [0, 0.1) is 23.6 Å². The Bertz CT molecular complexity index is 1510. The van der Waals surface area contributed by atoms with E-state index in [1.54, 1.807) is 42.5 Å². The van der Waals surface area contributed by atoms with Gasteiger partial charge in [0.25, 0.3) is 0 Å². The summed E-state index contributed by atoms with van der Waals surface area (Å²) in [5.74, 6) is -1.23. The molecule has 1 atom stereocenters. The fourth-order valence-electron chi connectivity index (χ4n) is 4.67. The summed E-state index contributed by atoms with van der Waals surface area (Å²) in [6.07, 6.45) is 2.25. The Kier molecular flexibility index (Phi) is 6.63. The van der Waals surface area contributed by atoms with Crippen molar-refractivity contribution in [3.05, 3.63) is 106 Å². The van der Waals surface area contributed by atoms with Crippen LogP contribution in [0.5, 0.6) is 0 Å². The van der Waals surface area contributed by atoms with Crippen molar-refractivity contribution in [1.82, 2.24) is 15.0 Å². The molecule has 2 aromatic heterocycles. The molecule has 5 rings (SSSR count). The Balaban J connectivity index is 1.52. The van der Waals surface area contributed by atoms with Crippen LogP contribution in [0.4, 0.5) is 20.4 Å². The smallest absolute Gasteiger partial charge is 0.220 e. The summed E-state index contributed by atoms with van der Waals surface area (Å²) in [4.78, 5) is 28.8. The highest BCUT2D eigenvalue weighted by Crippen LogP contribution is 2.39. The zero-order valence-corrected chi connectivity index (χ0v) is 19.9. The van der Waals surface area contributed by atoms with E-state index >= 15 is 0 Å². The molecule has 8 nitrogen and oxygen atoms in total. The van der Waals surface area contributed by atoms with E-state index in [2.05, 4.69) is 25.3 Å². The minimum atomic E-state index is -0.680. The molecule has 0 radical (unpaired) electrons. The molecule has 0 fully saturated rings. The van der Waals surface area contributed by atoms with E-state index in [1.807, 2.05) is 6.92 Å². The van der Waals surface area contributed by atoms with Crippen LogP contribution in [-0.4, -0.2) is 20.7 Å². The third-order valence-electron chi connectivity index (χ3n) is 6.30. The quantitative estimate of drug-likeness (QED) is 0.205. The molecular weight excluding hydrogens is 478 g/mol. The van der Waals surface area contributed by atoms with E-state index in [4.69, 9.17) is 10.6 Å². The zero-order chi connectivity index (χ0) is 25.9. The number of nitrogens with two attached hydrogens (primary N) is 1. The molecule has 2 heterocycles. The number of halogens is 2. The Hall–Kier alpha value is -4.60. The van der Waals surface area contributed by atoms with Crippen LogP contribution in [0.1, 0.15) is 40.4 Å². The highest BCUT2D eigenvalue weighted by molar-refractivity contribution is 6.03. The average Bonchev–Trinajstić information content (AvgIpc) is 2.88. The Morgan fingerprint density at radius 1 is 1.05 bits per heavy atom. The maximum Gasteiger partial charge on any atom is 0.220 e. The Morgan fingerprint density at radius 2 is 1.86 bits per heavy atom. The second-order valence-electron chi connectivity index (χ2n) is 8.74. The van der Waals surface area contributed by atoms with Gasteiger partial charge in [0.15, 0.2) is 0 Å². The lowest BCUT2D eigenvalue weighted by atomic mass is 9.78. The van der Waals surface area contributed by atoms with Crippen molar-refractivity contribution in [3.63, 3.8) is 0 Å².